The highest BCUT2D eigenvalue weighted by molar-refractivity contribution is 6.35. The Morgan fingerprint density at radius 3 is 2.79 bits per heavy atom. The number of aliphatic hydroxyl groups is 1. The summed E-state index contributed by atoms with van der Waals surface area (Å²) < 4.78 is 5.52. The molecule has 2 aromatic rings. The highest BCUT2D eigenvalue weighted by Crippen LogP contribution is 2.40. The molecule has 2 atom stereocenters. The van der Waals surface area contributed by atoms with Crippen LogP contribution in [0.4, 0.5) is 4.79 Å². The maximum absolute atomic E-state index is 13.2. The third-order valence-electron chi connectivity index (χ3n) is 5.37. The monoisotopic (exact) mass is 434 g/mol. The summed E-state index contributed by atoms with van der Waals surface area (Å²) in [7, 11) is 0. The van der Waals surface area contributed by atoms with E-state index in [2.05, 4.69) is 5.32 Å². The number of hydrogen-bond donors (Lipinski definition) is 2. The van der Waals surface area contributed by atoms with Crippen molar-refractivity contribution in [2.24, 2.45) is 0 Å². The Bertz CT molecular complexity index is 967. The Kier molecular flexibility index (Phi) is 5.42. The number of benzene rings is 2. The summed E-state index contributed by atoms with van der Waals surface area (Å²) in [5, 5.41) is 14.0. The van der Waals surface area contributed by atoms with Crippen molar-refractivity contribution in [1.29, 1.82) is 0 Å². The number of aryl methyl sites for hydroxylation is 1. The van der Waals surface area contributed by atoms with Crippen LogP contribution in [0.2, 0.25) is 10.0 Å². The minimum atomic E-state index is -1.06. The lowest BCUT2D eigenvalue weighted by Crippen LogP contribution is -2.47. The van der Waals surface area contributed by atoms with E-state index in [4.69, 9.17) is 27.9 Å². The first-order valence-corrected chi connectivity index (χ1v) is 10.1. The molecule has 6 nitrogen and oxygen atoms in total. The zero-order valence-corrected chi connectivity index (χ0v) is 17.0. The van der Waals surface area contributed by atoms with Gasteiger partial charge in [-0.3, -0.25) is 9.69 Å². The fourth-order valence-electron chi connectivity index (χ4n) is 4.02. The van der Waals surface area contributed by atoms with E-state index in [1.165, 1.54) is 6.07 Å². The van der Waals surface area contributed by atoms with Crippen LogP contribution in [0.1, 0.15) is 24.0 Å². The molecule has 0 saturated carbocycles. The average molecular weight is 435 g/mol. The van der Waals surface area contributed by atoms with E-state index in [1.807, 2.05) is 24.3 Å². The van der Waals surface area contributed by atoms with Crippen LogP contribution in [0.5, 0.6) is 5.75 Å². The molecule has 1 saturated heterocycles. The van der Waals surface area contributed by atoms with Crippen molar-refractivity contribution in [3.63, 3.8) is 0 Å². The van der Waals surface area contributed by atoms with Crippen molar-refractivity contribution in [2.75, 3.05) is 13.2 Å². The molecule has 2 aromatic carbocycles. The maximum Gasteiger partial charge on any atom is 0.325 e. The second kappa shape index (κ2) is 7.86. The number of aliphatic hydroxyl groups excluding tert-OH is 1. The second-order valence-electron chi connectivity index (χ2n) is 7.30. The Labute approximate surface area is 178 Å². The van der Waals surface area contributed by atoms with E-state index in [0.717, 1.165) is 28.9 Å². The van der Waals surface area contributed by atoms with E-state index < -0.39 is 17.7 Å². The highest BCUT2D eigenvalue weighted by Gasteiger charge is 2.54. The summed E-state index contributed by atoms with van der Waals surface area (Å²) in [4.78, 5) is 26.9. The molecule has 0 aromatic heterocycles. The fraction of sp³-hybridized carbons (Fsp3) is 0.333. The van der Waals surface area contributed by atoms with Crippen molar-refractivity contribution in [3.05, 3.63) is 63.6 Å². The third kappa shape index (κ3) is 3.68. The van der Waals surface area contributed by atoms with Crippen LogP contribution in [-0.2, 0) is 16.8 Å². The number of carbonyl (C=O) groups is 2. The first-order valence-electron chi connectivity index (χ1n) is 9.39. The van der Waals surface area contributed by atoms with Crippen molar-refractivity contribution in [1.82, 2.24) is 10.2 Å². The van der Waals surface area contributed by atoms with E-state index >= 15 is 0 Å². The van der Waals surface area contributed by atoms with Crippen molar-refractivity contribution < 1.29 is 19.4 Å². The lowest BCUT2D eigenvalue weighted by atomic mass is 9.76. The van der Waals surface area contributed by atoms with Gasteiger partial charge in [0.2, 0.25) is 0 Å². The summed E-state index contributed by atoms with van der Waals surface area (Å²) in [6.45, 7) is -0.290. The molecular weight excluding hydrogens is 415 g/mol. The predicted molar refractivity (Wildman–Crippen MR) is 109 cm³/mol. The number of urea groups is 1. The van der Waals surface area contributed by atoms with Gasteiger partial charge in [-0.25, -0.2) is 4.79 Å². The molecule has 3 amide bonds. The molecule has 1 aliphatic carbocycles. The van der Waals surface area contributed by atoms with Crippen LogP contribution in [0.25, 0.3) is 0 Å². The van der Waals surface area contributed by atoms with Gasteiger partial charge in [-0.1, -0.05) is 47.5 Å². The number of rotatable bonds is 5. The molecule has 1 heterocycles. The Hall–Kier alpha value is -2.28. The van der Waals surface area contributed by atoms with E-state index in [0.29, 0.717) is 22.2 Å². The average Bonchev–Trinajstić information content (AvgIpc) is 2.92. The van der Waals surface area contributed by atoms with Crippen LogP contribution in [0.15, 0.2) is 42.5 Å². The quantitative estimate of drug-likeness (QED) is 0.705. The first kappa shape index (κ1) is 20.0. The number of nitrogens with one attached hydrogen (secondary N) is 1. The maximum atomic E-state index is 13.2. The molecule has 8 heteroatoms. The molecule has 1 aliphatic heterocycles. The van der Waals surface area contributed by atoms with E-state index in [-0.39, 0.29) is 19.1 Å². The number of nitrogens with zero attached hydrogens (tertiary/aromatic N) is 1. The summed E-state index contributed by atoms with van der Waals surface area (Å²) in [6.07, 6.45) is 1.15. The number of fused-ring (bicyclic) bond motifs is 2. The van der Waals surface area contributed by atoms with Gasteiger partial charge < -0.3 is 15.2 Å². The van der Waals surface area contributed by atoms with Crippen LogP contribution < -0.4 is 10.1 Å². The molecule has 152 valence electrons. The van der Waals surface area contributed by atoms with Gasteiger partial charge >= 0.3 is 6.03 Å². The molecule has 0 radical (unpaired) electrons. The number of carbonyl (C=O) groups excluding carboxylic acids is 2. The molecule has 2 unspecified atom stereocenters. The van der Waals surface area contributed by atoms with Gasteiger partial charge in [-0.2, -0.15) is 0 Å². The molecule has 29 heavy (non-hydrogen) atoms. The highest BCUT2D eigenvalue weighted by atomic mass is 35.5. The van der Waals surface area contributed by atoms with Gasteiger partial charge in [0.15, 0.2) is 0 Å². The standard InChI is InChI=1S/C21H20Cl2N2O4/c22-14-7-8-18(17(23)10-14)29-12-15(26)11-25-19(27)21(24-20(25)28)9-3-5-13-4-1-2-6-16(13)21/h1-2,4,6-8,10,15,26H,3,5,9,11-12H2,(H,24,28). The number of ether oxygens (including phenoxy) is 1. The molecule has 1 fully saturated rings. The minimum absolute atomic E-state index is 0.123. The smallest absolute Gasteiger partial charge is 0.325 e. The van der Waals surface area contributed by atoms with Gasteiger partial charge in [-0.15, -0.1) is 0 Å². The van der Waals surface area contributed by atoms with Crippen LogP contribution in [0, 0.1) is 0 Å². The topological polar surface area (TPSA) is 78.9 Å². The zero-order chi connectivity index (χ0) is 20.6. The first-order chi connectivity index (χ1) is 13.9. The van der Waals surface area contributed by atoms with Gasteiger partial charge in [0.1, 0.15) is 24.0 Å². The van der Waals surface area contributed by atoms with Crippen molar-refractivity contribution in [2.45, 2.75) is 30.9 Å². The lowest BCUT2D eigenvalue weighted by Gasteiger charge is -2.33. The number of halogens is 2. The lowest BCUT2D eigenvalue weighted by molar-refractivity contribution is -0.133. The van der Waals surface area contributed by atoms with Crippen LogP contribution in [-0.4, -0.2) is 41.2 Å². The third-order valence-corrected chi connectivity index (χ3v) is 5.90. The number of hydrogen-bond acceptors (Lipinski definition) is 4. The summed E-state index contributed by atoms with van der Waals surface area (Å²) in [5.74, 6) is 0.0308. The van der Waals surface area contributed by atoms with Gasteiger partial charge in [0.25, 0.3) is 5.91 Å². The summed E-state index contributed by atoms with van der Waals surface area (Å²) >= 11 is 11.9. The van der Waals surface area contributed by atoms with Crippen molar-refractivity contribution >= 4 is 35.1 Å². The zero-order valence-electron chi connectivity index (χ0n) is 15.5. The van der Waals surface area contributed by atoms with Crippen molar-refractivity contribution in [3.8, 4) is 5.75 Å². The van der Waals surface area contributed by atoms with E-state index in [9.17, 15) is 14.7 Å². The normalized spacial score (nSPS) is 21.8. The SMILES string of the molecule is O=C1NC2(CCCc3ccccc32)C(=O)N1CC(O)COc1ccc(Cl)cc1Cl. The molecule has 1 spiro atoms. The molecular formula is C21H20Cl2N2O4. The number of imide groups is 1. The Morgan fingerprint density at radius 1 is 1.21 bits per heavy atom. The van der Waals surface area contributed by atoms with Crippen LogP contribution >= 0.6 is 23.2 Å². The Balaban J connectivity index is 1.46. The minimum Gasteiger partial charge on any atom is -0.489 e. The van der Waals surface area contributed by atoms with E-state index in [1.54, 1.807) is 12.1 Å². The second-order valence-corrected chi connectivity index (χ2v) is 8.15. The van der Waals surface area contributed by atoms with Gasteiger partial charge in [-0.05, 0) is 48.6 Å². The molecule has 2 aliphatic rings. The Morgan fingerprint density at radius 2 is 2.00 bits per heavy atom. The number of amides is 3. The van der Waals surface area contributed by atoms with Gasteiger partial charge in [0, 0.05) is 5.02 Å². The summed E-state index contributed by atoms with van der Waals surface area (Å²) in [6, 6.07) is 11.9. The molecule has 4 rings (SSSR count). The van der Waals surface area contributed by atoms with Crippen LogP contribution in [0.3, 0.4) is 0 Å². The fourth-order valence-corrected chi connectivity index (χ4v) is 4.48. The largest absolute Gasteiger partial charge is 0.489 e. The van der Waals surface area contributed by atoms with Gasteiger partial charge in [0.05, 0.1) is 11.6 Å². The summed E-state index contributed by atoms with van der Waals surface area (Å²) in [5.41, 5.74) is 0.854. The molecule has 0 bridgehead atoms. The predicted octanol–water partition coefficient (Wildman–Crippen LogP) is 3.52. The molecule has 2 N–H and O–H groups in total. The number of β-amino-alcohol motifs (C(OH)–C–C–N with tert-alkyl or cyclic N) is 1.